The number of hydrogen-bond acceptors (Lipinski definition) is 5. The molecule has 0 aromatic carbocycles. The van der Waals surface area contributed by atoms with Crippen LogP contribution in [0.3, 0.4) is 0 Å². The third kappa shape index (κ3) is 3.91. The summed E-state index contributed by atoms with van der Waals surface area (Å²) in [4.78, 5) is 18.3. The smallest absolute Gasteiger partial charge is 0.355 e. The normalized spacial score (nSPS) is 18.2. The van der Waals surface area contributed by atoms with E-state index in [4.69, 9.17) is 5.11 Å². The summed E-state index contributed by atoms with van der Waals surface area (Å²) in [7, 11) is 0. The Hall–Kier alpha value is -1.14. The van der Waals surface area contributed by atoms with E-state index in [0.29, 0.717) is 5.13 Å². The van der Waals surface area contributed by atoms with E-state index >= 15 is 0 Å². The monoisotopic (exact) mass is 283 g/mol. The SMILES string of the molecule is Cc1sc(NC(C)CN2CCCCC2)nc1C(=O)O. The second kappa shape index (κ2) is 6.34. The lowest BCUT2D eigenvalue weighted by Crippen LogP contribution is -2.38. The van der Waals surface area contributed by atoms with E-state index in [1.54, 1.807) is 6.92 Å². The highest BCUT2D eigenvalue weighted by Crippen LogP contribution is 2.23. The van der Waals surface area contributed by atoms with Crippen molar-refractivity contribution in [3.63, 3.8) is 0 Å². The molecule has 0 saturated carbocycles. The third-order valence-electron chi connectivity index (χ3n) is 3.35. The molecule has 0 spiro atoms. The number of carboxylic acids is 1. The van der Waals surface area contributed by atoms with E-state index < -0.39 is 5.97 Å². The van der Waals surface area contributed by atoms with Crippen LogP contribution < -0.4 is 5.32 Å². The lowest BCUT2D eigenvalue weighted by Gasteiger charge is -2.29. The molecule has 2 rings (SSSR count). The van der Waals surface area contributed by atoms with E-state index in [9.17, 15) is 4.79 Å². The number of piperidine rings is 1. The van der Waals surface area contributed by atoms with E-state index in [-0.39, 0.29) is 11.7 Å². The Morgan fingerprint density at radius 3 is 2.74 bits per heavy atom. The van der Waals surface area contributed by atoms with Crippen LogP contribution in [0.25, 0.3) is 0 Å². The summed E-state index contributed by atoms with van der Waals surface area (Å²) in [5.74, 6) is -0.953. The number of thiazole rings is 1. The number of carbonyl (C=O) groups is 1. The molecule has 0 bridgehead atoms. The van der Waals surface area contributed by atoms with Crippen LogP contribution in [-0.2, 0) is 0 Å². The molecule has 0 amide bonds. The van der Waals surface area contributed by atoms with Crippen molar-refractivity contribution in [1.82, 2.24) is 9.88 Å². The summed E-state index contributed by atoms with van der Waals surface area (Å²) in [6, 6.07) is 0.283. The predicted molar refractivity (Wildman–Crippen MR) is 77.2 cm³/mol. The van der Waals surface area contributed by atoms with Gasteiger partial charge in [-0.15, -0.1) is 11.3 Å². The minimum atomic E-state index is -0.953. The molecular formula is C13H21N3O2S. The molecule has 6 heteroatoms. The molecule has 19 heavy (non-hydrogen) atoms. The molecule has 1 unspecified atom stereocenters. The number of anilines is 1. The lowest BCUT2D eigenvalue weighted by atomic mass is 10.1. The molecule has 1 aliphatic rings. The fourth-order valence-electron chi connectivity index (χ4n) is 2.44. The second-order valence-corrected chi connectivity index (χ2v) is 6.34. The first-order chi connectivity index (χ1) is 9.06. The van der Waals surface area contributed by atoms with Crippen molar-refractivity contribution in [2.24, 2.45) is 0 Å². The number of nitrogens with one attached hydrogen (secondary N) is 1. The van der Waals surface area contributed by atoms with Crippen LogP contribution >= 0.6 is 11.3 Å². The maximum Gasteiger partial charge on any atom is 0.355 e. The Bertz CT molecular complexity index is 441. The highest BCUT2D eigenvalue weighted by atomic mass is 32.1. The van der Waals surface area contributed by atoms with Crippen LogP contribution in [0.2, 0.25) is 0 Å². The number of rotatable bonds is 5. The number of aryl methyl sites for hydroxylation is 1. The van der Waals surface area contributed by atoms with Crippen molar-refractivity contribution in [3.05, 3.63) is 10.6 Å². The number of aromatic nitrogens is 1. The van der Waals surface area contributed by atoms with Crippen LogP contribution in [0.5, 0.6) is 0 Å². The van der Waals surface area contributed by atoms with Gasteiger partial charge in [-0.25, -0.2) is 9.78 Å². The number of likely N-dealkylation sites (tertiary alicyclic amines) is 1. The van der Waals surface area contributed by atoms with E-state index in [1.165, 1.54) is 43.7 Å². The van der Waals surface area contributed by atoms with Crippen LogP contribution in [0, 0.1) is 6.92 Å². The van der Waals surface area contributed by atoms with Crippen molar-refractivity contribution in [2.75, 3.05) is 25.0 Å². The van der Waals surface area contributed by atoms with Gasteiger partial charge in [-0.05, 0) is 39.8 Å². The molecular weight excluding hydrogens is 262 g/mol. The minimum absolute atomic E-state index is 0.165. The fraction of sp³-hybridized carbons (Fsp3) is 0.692. The Balaban J connectivity index is 1.89. The Morgan fingerprint density at radius 1 is 1.47 bits per heavy atom. The molecule has 1 atom stereocenters. The first kappa shape index (κ1) is 14.3. The summed E-state index contributed by atoms with van der Waals surface area (Å²) < 4.78 is 0. The van der Waals surface area contributed by atoms with E-state index in [2.05, 4.69) is 22.1 Å². The Labute approximate surface area is 117 Å². The van der Waals surface area contributed by atoms with Crippen LogP contribution in [0.15, 0.2) is 0 Å². The van der Waals surface area contributed by atoms with Gasteiger partial charge in [-0.3, -0.25) is 0 Å². The molecule has 2 N–H and O–H groups in total. The zero-order valence-corrected chi connectivity index (χ0v) is 12.3. The summed E-state index contributed by atoms with van der Waals surface area (Å²) in [5.41, 5.74) is 0.165. The molecule has 1 saturated heterocycles. The van der Waals surface area contributed by atoms with Gasteiger partial charge < -0.3 is 15.3 Å². The standard InChI is InChI=1S/C13H21N3O2S/c1-9(8-16-6-4-3-5-7-16)14-13-15-11(12(17)18)10(2)19-13/h9H,3-8H2,1-2H3,(H,14,15)(H,17,18). The van der Waals surface area contributed by atoms with Crippen LogP contribution in [0.4, 0.5) is 5.13 Å². The maximum absolute atomic E-state index is 10.9. The third-order valence-corrected chi connectivity index (χ3v) is 4.25. The van der Waals surface area contributed by atoms with Gasteiger partial charge in [0, 0.05) is 17.5 Å². The van der Waals surface area contributed by atoms with Crippen LogP contribution in [-0.4, -0.2) is 46.6 Å². The number of carboxylic acid groups (broad SMARTS) is 1. The Morgan fingerprint density at radius 2 is 2.16 bits per heavy atom. The van der Waals surface area contributed by atoms with Crippen molar-refractivity contribution >= 4 is 22.4 Å². The zero-order valence-electron chi connectivity index (χ0n) is 11.5. The van der Waals surface area contributed by atoms with Crippen molar-refractivity contribution in [3.8, 4) is 0 Å². The molecule has 1 aromatic rings. The van der Waals surface area contributed by atoms with Crippen molar-refractivity contribution in [1.29, 1.82) is 0 Å². The number of aromatic carboxylic acids is 1. The largest absolute Gasteiger partial charge is 0.476 e. The molecule has 1 aliphatic heterocycles. The van der Waals surface area contributed by atoms with E-state index in [1.807, 2.05) is 0 Å². The van der Waals surface area contributed by atoms with Gasteiger partial charge >= 0.3 is 5.97 Å². The van der Waals surface area contributed by atoms with Gasteiger partial charge in [0.1, 0.15) is 0 Å². The average Bonchev–Trinajstić information content (AvgIpc) is 2.71. The van der Waals surface area contributed by atoms with Crippen molar-refractivity contribution in [2.45, 2.75) is 39.2 Å². The van der Waals surface area contributed by atoms with Gasteiger partial charge in [0.05, 0.1) is 0 Å². The second-order valence-electron chi connectivity index (χ2n) is 5.14. The van der Waals surface area contributed by atoms with Gasteiger partial charge in [-0.2, -0.15) is 0 Å². The highest BCUT2D eigenvalue weighted by Gasteiger charge is 2.17. The van der Waals surface area contributed by atoms with Gasteiger partial charge in [0.15, 0.2) is 10.8 Å². The predicted octanol–water partition coefficient (Wildman–Crippen LogP) is 2.44. The van der Waals surface area contributed by atoms with Gasteiger partial charge in [-0.1, -0.05) is 6.42 Å². The van der Waals surface area contributed by atoms with Gasteiger partial charge in [0.25, 0.3) is 0 Å². The Kier molecular flexibility index (Phi) is 4.76. The summed E-state index contributed by atoms with van der Waals surface area (Å²) in [6.45, 7) is 7.24. The molecule has 5 nitrogen and oxygen atoms in total. The maximum atomic E-state index is 10.9. The average molecular weight is 283 g/mol. The number of hydrogen-bond donors (Lipinski definition) is 2. The summed E-state index contributed by atoms with van der Waals surface area (Å²) in [6.07, 6.45) is 3.91. The molecule has 2 heterocycles. The summed E-state index contributed by atoms with van der Waals surface area (Å²) in [5, 5.41) is 13.0. The van der Waals surface area contributed by atoms with Crippen molar-refractivity contribution < 1.29 is 9.90 Å². The first-order valence-corrected chi connectivity index (χ1v) is 7.57. The first-order valence-electron chi connectivity index (χ1n) is 6.76. The molecule has 0 aliphatic carbocycles. The summed E-state index contributed by atoms with van der Waals surface area (Å²) >= 11 is 1.41. The topological polar surface area (TPSA) is 65.5 Å². The molecule has 0 radical (unpaired) electrons. The van der Waals surface area contributed by atoms with E-state index in [0.717, 1.165) is 11.4 Å². The fourth-order valence-corrected chi connectivity index (χ4v) is 3.36. The highest BCUT2D eigenvalue weighted by molar-refractivity contribution is 7.15. The zero-order chi connectivity index (χ0) is 13.8. The number of nitrogens with zero attached hydrogens (tertiary/aromatic N) is 2. The quantitative estimate of drug-likeness (QED) is 0.869. The van der Waals surface area contributed by atoms with Crippen LogP contribution in [0.1, 0.15) is 41.6 Å². The van der Waals surface area contributed by atoms with Gasteiger partial charge in [0.2, 0.25) is 0 Å². The molecule has 1 fully saturated rings. The minimum Gasteiger partial charge on any atom is -0.476 e. The molecule has 1 aromatic heterocycles. The molecule has 106 valence electrons. The lowest BCUT2D eigenvalue weighted by molar-refractivity contribution is 0.0690.